The standard InChI is InChI=1S/C16H15IO2/c1-11(2)19-13-9-7-12(8-10-13)16(18)14-5-3-4-6-15(14)17/h3-11H,1-2H3. The molecule has 0 aliphatic carbocycles. The third-order valence-corrected chi connectivity index (χ3v) is 3.55. The van der Waals surface area contributed by atoms with Gasteiger partial charge < -0.3 is 4.74 Å². The number of halogens is 1. The summed E-state index contributed by atoms with van der Waals surface area (Å²) in [5.41, 5.74) is 1.42. The smallest absolute Gasteiger partial charge is 0.194 e. The van der Waals surface area contributed by atoms with E-state index in [-0.39, 0.29) is 11.9 Å². The van der Waals surface area contributed by atoms with Crippen molar-refractivity contribution in [2.45, 2.75) is 20.0 Å². The molecule has 0 N–H and O–H groups in total. The molecular formula is C16H15IO2. The fraction of sp³-hybridized carbons (Fsp3) is 0.188. The number of benzene rings is 2. The van der Waals surface area contributed by atoms with Gasteiger partial charge in [0, 0.05) is 14.7 Å². The lowest BCUT2D eigenvalue weighted by Crippen LogP contribution is -2.06. The fourth-order valence-corrected chi connectivity index (χ4v) is 2.39. The SMILES string of the molecule is CC(C)Oc1ccc(C(=O)c2ccccc2I)cc1. The Morgan fingerprint density at radius 3 is 2.26 bits per heavy atom. The van der Waals surface area contributed by atoms with Gasteiger partial charge in [-0.25, -0.2) is 0 Å². The maximum absolute atomic E-state index is 12.4. The number of rotatable bonds is 4. The quantitative estimate of drug-likeness (QED) is 0.596. The van der Waals surface area contributed by atoms with E-state index >= 15 is 0 Å². The third kappa shape index (κ3) is 3.56. The van der Waals surface area contributed by atoms with Crippen LogP contribution in [0.25, 0.3) is 0 Å². The predicted molar refractivity (Wildman–Crippen MR) is 84.8 cm³/mol. The zero-order valence-electron chi connectivity index (χ0n) is 10.9. The lowest BCUT2D eigenvalue weighted by Gasteiger charge is -2.10. The van der Waals surface area contributed by atoms with Crippen molar-refractivity contribution in [3.05, 3.63) is 63.2 Å². The average molecular weight is 366 g/mol. The lowest BCUT2D eigenvalue weighted by molar-refractivity contribution is 0.103. The van der Waals surface area contributed by atoms with Crippen molar-refractivity contribution in [2.24, 2.45) is 0 Å². The van der Waals surface area contributed by atoms with E-state index in [1.54, 1.807) is 0 Å². The van der Waals surface area contributed by atoms with E-state index in [1.165, 1.54) is 0 Å². The van der Waals surface area contributed by atoms with Crippen LogP contribution in [0.4, 0.5) is 0 Å². The van der Waals surface area contributed by atoms with Crippen LogP contribution < -0.4 is 4.74 Å². The van der Waals surface area contributed by atoms with Gasteiger partial charge in [-0.3, -0.25) is 4.79 Å². The van der Waals surface area contributed by atoms with Crippen molar-refractivity contribution in [2.75, 3.05) is 0 Å². The Labute approximate surface area is 126 Å². The molecule has 0 aliphatic rings. The second kappa shape index (κ2) is 6.19. The first kappa shape index (κ1) is 14.1. The number of carbonyl (C=O) groups excluding carboxylic acids is 1. The molecule has 0 heterocycles. The van der Waals surface area contributed by atoms with Gasteiger partial charge >= 0.3 is 0 Å². The van der Waals surface area contributed by atoms with Crippen LogP contribution in [0, 0.1) is 3.57 Å². The molecular weight excluding hydrogens is 351 g/mol. The first-order chi connectivity index (χ1) is 9.08. The van der Waals surface area contributed by atoms with Crippen LogP contribution in [0.2, 0.25) is 0 Å². The highest BCUT2D eigenvalue weighted by Crippen LogP contribution is 2.19. The van der Waals surface area contributed by atoms with Crippen LogP contribution in [0.5, 0.6) is 5.75 Å². The lowest BCUT2D eigenvalue weighted by atomic mass is 10.0. The third-order valence-electron chi connectivity index (χ3n) is 2.61. The second-order valence-corrected chi connectivity index (χ2v) is 5.66. The minimum atomic E-state index is 0.0427. The van der Waals surface area contributed by atoms with Crippen LogP contribution in [0.1, 0.15) is 29.8 Å². The molecule has 0 radical (unpaired) electrons. The Kier molecular flexibility index (Phi) is 4.58. The molecule has 0 fully saturated rings. The van der Waals surface area contributed by atoms with Gasteiger partial charge in [0.1, 0.15) is 5.75 Å². The zero-order chi connectivity index (χ0) is 13.8. The molecule has 0 atom stereocenters. The molecule has 0 spiro atoms. The number of carbonyl (C=O) groups is 1. The van der Waals surface area contributed by atoms with Crippen molar-refractivity contribution in [3.8, 4) is 5.75 Å². The minimum absolute atomic E-state index is 0.0427. The highest BCUT2D eigenvalue weighted by molar-refractivity contribution is 14.1. The van der Waals surface area contributed by atoms with Gasteiger partial charge in [0.05, 0.1) is 6.10 Å². The Bertz CT molecular complexity index is 574. The van der Waals surface area contributed by atoms with Crippen molar-refractivity contribution in [1.82, 2.24) is 0 Å². The van der Waals surface area contributed by atoms with Crippen molar-refractivity contribution >= 4 is 28.4 Å². The van der Waals surface area contributed by atoms with Gasteiger partial charge in [-0.05, 0) is 72.8 Å². The molecule has 0 aliphatic heterocycles. The largest absolute Gasteiger partial charge is 0.491 e. The van der Waals surface area contributed by atoms with Crippen molar-refractivity contribution in [1.29, 1.82) is 0 Å². The van der Waals surface area contributed by atoms with E-state index in [2.05, 4.69) is 22.6 Å². The summed E-state index contributed by atoms with van der Waals surface area (Å²) in [5.74, 6) is 0.829. The summed E-state index contributed by atoms with van der Waals surface area (Å²) < 4.78 is 6.53. The molecule has 0 unspecified atom stereocenters. The van der Waals surface area contributed by atoms with Crippen molar-refractivity contribution < 1.29 is 9.53 Å². The monoisotopic (exact) mass is 366 g/mol. The molecule has 0 aromatic heterocycles. The van der Waals surface area contributed by atoms with Gasteiger partial charge in [0.2, 0.25) is 0 Å². The van der Waals surface area contributed by atoms with Crippen LogP contribution in [-0.4, -0.2) is 11.9 Å². The highest BCUT2D eigenvalue weighted by Gasteiger charge is 2.11. The first-order valence-electron chi connectivity index (χ1n) is 6.14. The van der Waals surface area contributed by atoms with Gasteiger partial charge in [-0.15, -0.1) is 0 Å². The average Bonchev–Trinajstić information content (AvgIpc) is 2.39. The molecule has 0 saturated carbocycles. The first-order valence-corrected chi connectivity index (χ1v) is 7.22. The van der Waals surface area contributed by atoms with Crippen LogP contribution >= 0.6 is 22.6 Å². The molecule has 19 heavy (non-hydrogen) atoms. The summed E-state index contributed by atoms with van der Waals surface area (Å²) in [6.07, 6.45) is 0.136. The minimum Gasteiger partial charge on any atom is -0.491 e. The number of hydrogen-bond donors (Lipinski definition) is 0. The summed E-state index contributed by atoms with van der Waals surface area (Å²) in [6.45, 7) is 3.96. The molecule has 98 valence electrons. The van der Waals surface area contributed by atoms with Gasteiger partial charge in [0.15, 0.2) is 5.78 Å². The summed E-state index contributed by atoms with van der Waals surface area (Å²) in [4.78, 5) is 12.4. The molecule has 0 amide bonds. The van der Waals surface area contributed by atoms with E-state index in [0.717, 1.165) is 14.9 Å². The second-order valence-electron chi connectivity index (χ2n) is 4.50. The van der Waals surface area contributed by atoms with E-state index in [0.29, 0.717) is 5.56 Å². The Balaban J connectivity index is 2.23. The van der Waals surface area contributed by atoms with Gasteiger partial charge in [0.25, 0.3) is 0 Å². The molecule has 2 nitrogen and oxygen atoms in total. The Hall–Kier alpha value is -1.36. The number of ether oxygens (including phenoxy) is 1. The number of ketones is 1. The normalized spacial score (nSPS) is 10.5. The van der Waals surface area contributed by atoms with E-state index < -0.39 is 0 Å². The zero-order valence-corrected chi connectivity index (χ0v) is 13.0. The fourth-order valence-electron chi connectivity index (χ4n) is 1.76. The molecule has 2 rings (SSSR count). The Morgan fingerprint density at radius 1 is 1.05 bits per heavy atom. The summed E-state index contributed by atoms with van der Waals surface area (Å²) >= 11 is 2.18. The molecule has 2 aromatic rings. The van der Waals surface area contributed by atoms with Crippen LogP contribution in [0.3, 0.4) is 0 Å². The topological polar surface area (TPSA) is 26.3 Å². The maximum atomic E-state index is 12.4. The predicted octanol–water partition coefficient (Wildman–Crippen LogP) is 4.31. The van der Waals surface area contributed by atoms with Gasteiger partial charge in [-0.2, -0.15) is 0 Å². The van der Waals surface area contributed by atoms with Crippen molar-refractivity contribution in [3.63, 3.8) is 0 Å². The molecule has 3 heteroatoms. The van der Waals surface area contributed by atoms with Crippen LogP contribution in [0.15, 0.2) is 48.5 Å². The summed E-state index contributed by atoms with van der Waals surface area (Å²) in [6, 6.07) is 14.9. The highest BCUT2D eigenvalue weighted by atomic mass is 127. The number of hydrogen-bond acceptors (Lipinski definition) is 2. The molecule has 0 saturated heterocycles. The van der Waals surface area contributed by atoms with E-state index in [1.807, 2.05) is 62.4 Å². The van der Waals surface area contributed by atoms with E-state index in [9.17, 15) is 4.79 Å². The maximum Gasteiger partial charge on any atom is 0.194 e. The van der Waals surface area contributed by atoms with Gasteiger partial charge in [-0.1, -0.05) is 12.1 Å². The van der Waals surface area contributed by atoms with Crippen LogP contribution in [-0.2, 0) is 0 Å². The molecule has 0 bridgehead atoms. The van der Waals surface area contributed by atoms with E-state index in [4.69, 9.17) is 4.74 Å². The molecule has 2 aromatic carbocycles. The summed E-state index contributed by atoms with van der Waals surface area (Å²) in [7, 11) is 0. The summed E-state index contributed by atoms with van der Waals surface area (Å²) in [5, 5.41) is 0. The Morgan fingerprint density at radius 2 is 1.68 bits per heavy atom.